The van der Waals surface area contributed by atoms with Crippen LogP contribution in [0.2, 0.25) is 0 Å². The molecule has 2 N–H and O–H groups in total. The number of nitrogens with one attached hydrogen (secondary N) is 1. The number of ether oxygens (including phenoxy) is 4. The highest BCUT2D eigenvalue weighted by Gasteiger charge is 2.06. The summed E-state index contributed by atoms with van der Waals surface area (Å²) < 4.78 is 20.7. The Hall–Kier alpha value is -3.10. The van der Waals surface area contributed by atoms with E-state index in [0.29, 0.717) is 36.5 Å². The van der Waals surface area contributed by atoms with Gasteiger partial charge in [0.25, 0.3) is 0 Å². The number of carbonyl (C=O) groups is 2. The minimum atomic E-state index is -0.594. The van der Waals surface area contributed by atoms with E-state index < -0.39 is 12.1 Å². The van der Waals surface area contributed by atoms with Crippen LogP contribution < -0.4 is 10.1 Å². The van der Waals surface area contributed by atoms with Gasteiger partial charge < -0.3 is 29.4 Å². The number of amides is 1. The molecule has 0 unspecified atom stereocenters. The Morgan fingerprint density at radius 3 is 2.52 bits per heavy atom. The zero-order valence-corrected chi connectivity index (χ0v) is 16.3. The Morgan fingerprint density at radius 1 is 1.03 bits per heavy atom. The van der Waals surface area contributed by atoms with E-state index in [-0.39, 0.29) is 25.5 Å². The molecule has 2 aromatic carbocycles. The van der Waals surface area contributed by atoms with Gasteiger partial charge in [-0.05, 0) is 36.6 Å². The first-order chi connectivity index (χ1) is 14.0. The maximum absolute atomic E-state index is 11.8. The Morgan fingerprint density at radius 2 is 1.76 bits per heavy atom. The molecule has 0 heterocycles. The quantitative estimate of drug-likeness (QED) is 0.338. The summed E-state index contributed by atoms with van der Waals surface area (Å²) in [6, 6.07) is 10.1. The first-order valence-corrected chi connectivity index (χ1v) is 9.13. The fourth-order valence-corrected chi connectivity index (χ4v) is 2.32. The second-order valence-electron chi connectivity index (χ2n) is 6.12. The van der Waals surface area contributed by atoms with E-state index in [1.165, 1.54) is 0 Å². The standard InChI is InChI=1S/C21H25NO7/c1-15(2)20(24)28-13-12-27-11-10-26-9-8-22-21(25)29-17-6-7-18-16(14-17)4-3-5-19(18)23/h3-7,14,23H,1,8-13H2,2H3,(H,22,25). The number of hydrogen-bond donors (Lipinski definition) is 2. The van der Waals surface area contributed by atoms with Crippen LogP contribution in [-0.2, 0) is 19.0 Å². The molecule has 0 radical (unpaired) electrons. The lowest BCUT2D eigenvalue weighted by Crippen LogP contribution is -2.30. The maximum atomic E-state index is 11.8. The smallest absolute Gasteiger partial charge is 0.412 e. The van der Waals surface area contributed by atoms with Crippen molar-refractivity contribution < 1.29 is 33.6 Å². The van der Waals surface area contributed by atoms with Gasteiger partial charge in [-0.1, -0.05) is 18.7 Å². The Bertz CT molecular complexity index is 850. The fraction of sp³-hybridized carbons (Fsp3) is 0.333. The lowest BCUT2D eigenvalue weighted by atomic mass is 10.1. The molecule has 156 valence electrons. The van der Waals surface area contributed by atoms with Gasteiger partial charge in [0.15, 0.2) is 0 Å². The highest BCUT2D eigenvalue weighted by atomic mass is 16.6. The summed E-state index contributed by atoms with van der Waals surface area (Å²) in [5, 5.41) is 13.8. The van der Waals surface area contributed by atoms with Gasteiger partial charge in [-0.15, -0.1) is 0 Å². The Balaban J connectivity index is 1.53. The maximum Gasteiger partial charge on any atom is 0.412 e. The van der Waals surface area contributed by atoms with Crippen molar-refractivity contribution in [2.75, 3.05) is 39.6 Å². The largest absolute Gasteiger partial charge is 0.507 e. The fourth-order valence-electron chi connectivity index (χ4n) is 2.32. The number of hydrogen-bond acceptors (Lipinski definition) is 7. The molecule has 0 aliphatic heterocycles. The number of esters is 1. The number of fused-ring (bicyclic) bond motifs is 1. The number of benzene rings is 2. The summed E-state index contributed by atoms with van der Waals surface area (Å²) in [5.74, 6) is 0.111. The van der Waals surface area contributed by atoms with Crippen molar-refractivity contribution in [3.63, 3.8) is 0 Å². The molecular weight excluding hydrogens is 378 g/mol. The highest BCUT2D eigenvalue weighted by molar-refractivity contribution is 5.89. The van der Waals surface area contributed by atoms with Gasteiger partial charge in [-0.2, -0.15) is 0 Å². The van der Waals surface area contributed by atoms with Gasteiger partial charge in [0, 0.05) is 17.5 Å². The average Bonchev–Trinajstić information content (AvgIpc) is 2.69. The van der Waals surface area contributed by atoms with Crippen molar-refractivity contribution in [3.8, 4) is 11.5 Å². The number of phenols is 1. The van der Waals surface area contributed by atoms with Crippen molar-refractivity contribution >= 4 is 22.8 Å². The lowest BCUT2D eigenvalue weighted by Gasteiger charge is -2.09. The molecule has 29 heavy (non-hydrogen) atoms. The third-order valence-corrected chi connectivity index (χ3v) is 3.74. The van der Waals surface area contributed by atoms with Crippen LogP contribution in [0.25, 0.3) is 10.8 Å². The van der Waals surface area contributed by atoms with E-state index >= 15 is 0 Å². The third-order valence-electron chi connectivity index (χ3n) is 3.74. The van der Waals surface area contributed by atoms with Crippen molar-refractivity contribution in [3.05, 3.63) is 48.6 Å². The van der Waals surface area contributed by atoms with Gasteiger partial charge in [-0.3, -0.25) is 0 Å². The van der Waals surface area contributed by atoms with Crippen LogP contribution in [0.4, 0.5) is 4.79 Å². The summed E-state index contributed by atoms with van der Waals surface area (Å²) >= 11 is 0. The van der Waals surface area contributed by atoms with Crippen LogP contribution in [0, 0.1) is 0 Å². The molecule has 2 rings (SSSR count). The second kappa shape index (κ2) is 11.7. The highest BCUT2D eigenvalue weighted by Crippen LogP contribution is 2.27. The Kier molecular flexibility index (Phi) is 8.94. The molecule has 0 fully saturated rings. The van der Waals surface area contributed by atoms with Crippen molar-refractivity contribution in [1.29, 1.82) is 0 Å². The SMILES string of the molecule is C=C(C)C(=O)OCCOCCOCCNC(=O)Oc1ccc2c(O)cccc2c1. The average molecular weight is 403 g/mol. The van der Waals surface area contributed by atoms with Gasteiger partial charge >= 0.3 is 12.1 Å². The molecule has 1 amide bonds. The lowest BCUT2D eigenvalue weighted by molar-refractivity contribution is -0.140. The van der Waals surface area contributed by atoms with E-state index in [4.69, 9.17) is 18.9 Å². The topological polar surface area (TPSA) is 103 Å². The van der Waals surface area contributed by atoms with E-state index in [1.54, 1.807) is 37.3 Å². The van der Waals surface area contributed by atoms with Crippen LogP contribution in [0.15, 0.2) is 48.6 Å². The molecule has 8 heteroatoms. The summed E-state index contributed by atoms with van der Waals surface area (Å²) in [5.41, 5.74) is 0.347. The van der Waals surface area contributed by atoms with Crippen LogP contribution in [0.1, 0.15) is 6.92 Å². The molecule has 0 saturated carbocycles. The van der Waals surface area contributed by atoms with Crippen LogP contribution in [0.3, 0.4) is 0 Å². The molecule has 0 aliphatic rings. The van der Waals surface area contributed by atoms with E-state index in [0.717, 1.165) is 5.39 Å². The molecule has 8 nitrogen and oxygen atoms in total. The van der Waals surface area contributed by atoms with Gasteiger partial charge in [0.05, 0.1) is 26.4 Å². The van der Waals surface area contributed by atoms with Crippen molar-refractivity contribution in [1.82, 2.24) is 5.32 Å². The minimum Gasteiger partial charge on any atom is -0.507 e. The van der Waals surface area contributed by atoms with Crippen molar-refractivity contribution in [2.24, 2.45) is 0 Å². The molecule has 2 aromatic rings. The Labute approximate surface area is 169 Å². The molecular formula is C21H25NO7. The number of rotatable bonds is 11. The molecule has 0 aliphatic carbocycles. The first-order valence-electron chi connectivity index (χ1n) is 9.13. The number of phenolic OH excluding ortho intramolecular Hbond substituents is 1. The molecule has 0 saturated heterocycles. The predicted octanol–water partition coefficient (Wildman–Crippen LogP) is 2.79. The van der Waals surface area contributed by atoms with Gasteiger partial charge in [0.1, 0.15) is 18.1 Å². The van der Waals surface area contributed by atoms with Gasteiger partial charge in [-0.25, -0.2) is 9.59 Å². The normalized spacial score (nSPS) is 10.5. The summed E-state index contributed by atoms with van der Waals surface area (Å²) in [6.45, 7) is 6.77. The molecule has 0 bridgehead atoms. The van der Waals surface area contributed by atoms with Gasteiger partial charge in [0.2, 0.25) is 0 Å². The number of aromatic hydroxyl groups is 1. The monoisotopic (exact) mass is 403 g/mol. The summed E-state index contributed by atoms with van der Waals surface area (Å²) in [6.07, 6.45) is -0.594. The van der Waals surface area contributed by atoms with Crippen molar-refractivity contribution in [2.45, 2.75) is 6.92 Å². The molecule has 0 spiro atoms. The molecule has 0 atom stereocenters. The van der Waals surface area contributed by atoms with Crippen LogP contribution in [0.5, 0.6) is 11.5 Å². The first kappa shape index (κ1) is 22.2. The summed E-state index contributed by atoms with van der Waals surface area (Å²) in [4.78, 5) is 22.9. The van der Waals surface area contributed by atoms with E-state index in [9.17, 15) is 14.7 Å². The zero-order chi connectivity index (χ0) is 21.1. The van der Waals surface area contributed by atoms with E-state index in [2.05, 4.69) is 11.9 Å². The molecule has 0 aromatic heterocycles. The van der Waals surface area contributed by atoms with Crippen LogP contribution >= 0.6 is 0 Å². The predicted molar refractivity (Wildman–Crippen MR) is 107 cm³/mol. The zero-order valence-electron chi connectivity index (χ0n) is 16.3. The second-order valence-corrected chi connectivity index (χ2v) is 6.12. The van der Waals surface area contributed by atoms with Crippen LogP contribution in [-0.4, -0.2) is 56.7 Å². The van der Waals surface area contributed by atoms with E-state index in [1.807, 2.05) is 6.07 Å². The third kappa shape index (κ3) is 7.81. The number of carbonyl (C=O) groups excluding carboxylic acids is 2. The summed E-state index contributed by atoms with van der Waals surface area (Å²) in [7, 11) is 0. The minimum absolute atomic E-state index is 0.160.